The molecular weight excluding hydrogens is 769 g/mol. The summed E-state index contributed by atoms with van der Waals surface area (Å²) in [5.74, 6) is -0.862. The molecule has 6 heteroatoms. The molecule has 6 nitrogen and oxygen atoms in total. The normalized spacial score (nSPS) is 12.0. The standard InChI is InChI=1S/C56H106O6/c1-4-7-10-13-16-19-21-23-25-26-27-28-29-30-32-33-35-37-40-43-46-49-55(58)61-52-53(51-60-54(57)48-45-42-39-18-15-12-9-6-3)62-56(59)50-47-44-41-38-36-34-31-24-22-20-17-14-11-8-5-2/h24,31,53H,4-23,25-30,32-52H2,1-3H3/b31-24-. The van der Waals surface area contributed by atoms with Crippen molar-refractivity contribution in [3.05, 3.63) is 12.2 Å². The zero-order valence-corrected chi connectivity index (χ0v) is 41.9. The zero-order valence-electron chi connectivity index (χ0n) is 41.9. The monoisotopic (exact) mass is 875 g/mol. The van der Waals surface area contributed by atoms with E-state index in [4.69, 9.17) is 14.2 Å². The molecule has 0 saturated heterocycles. The maximum absolute atomic E-state index is 12.8. The molecule has 0 spiro atoms. The number of allylic oxidation sites excluding steroid dienone is 2. The number of carbonyl (C=O) groups excluding carboxylic acids is 3. The summed E-state index contributed by atoms with van der Waals surface area (Å²) in [6.45, 7) is 6.64. The average Bonchev–Trinajstić information content (AvgIpc) is 3.27. The third-order valence-corrected chi connectivity index (χ3v) is 12.5. The molecule has 1 atom stereocenters. The van der Waals surface area contributed by atoms with E-state index >= 15 is 0 Å². The maximum Gasteiger partial charge on any atom is 0.306 e. The number of hydrogen-bond donors (Lipinski definition) is 0. The molecule has 1 unspecified atom stereocenters. The number of unbranched alkanes of at least 4 members (excludes halogenated alkanes) is 38. The molecule has 0 aliphatic rings. The van der Waals surface area contributed by atoms with Gasteiger partial charge in [-0.15, -0.1) is 0 Å². The van der Waals surface area contributed by atoms with Crippen LogP contribution >= 0.6 is 0 Å². The quantitative estimate of drug-likeness (QED) is 0.0262. The minimum Gasteiger partial charge on any atom is -0.462 e. The van der Waals surface area contributed by atoms with Gasteiger partial charge in [-0.3, -0.25) is 14.4 Å². The lowest BCUT2D eigenvalue weighted by molar-refractivity contribution is -0.167. The highest BCUT2D eigenvalue weighted by atomic mass is 16.6. The van der Waals surface area contributed by atoms with Gasteiger partial charge >= 0.3 is 17.9 Å². The molecule has 0 aromatic carbocycles. The topological polar surface area (TPSA) is 78.9 Å². The van der Waals surface area contributed by atoms with E-state index in [2.05, 4.69) is 32.9 Å². The fraction of sp³-hybridized carbons (Fsp3) is 0.911. The summed E-state index contributed by atoms with van der Waals surface area (Å²) in [6.07, 6.45) is 57.9. The zero-order chi connectivity index (χ0) is 45.1. The number of rotatable bonds is 51. The highest BCUT2D eigenvalue weighted by molar-refractivity contribution is 5.71. The first-order chi connectivity index (χ1) is 30.5. The van der Waals surface area contributed by atoms with Crippen LogP contribution in [0.5, 0.6) is 0 Å². The third-order valence-electron chi connectivity index (χ3n) is 12.5. The van der Waals surface area contributed by atoms with Crippen molar-refractivity contribution < 1.29 is 28.6 Å². The number of ether oxygens (including phenoxy) is 3. The Labute approximate surface area is 386 Å². The van der Waals surface area contributed by atoms with Gasteiger partial charge in [0.2, 0.25) is 0 Å². The fourth-order valence-corrected chi connectivity index (χ4v) is 8.32. The summed E-state index contributed by atoms with van der Waals surface area (Å²) in [4.78, 5) is 37.9. The van der Waals surface area contributed by atoms with Crippen molar-refractivity contribution in [1.29, 1.82) is 0 Å². The van der Waals surface area contributed by atoms with Crippen LogP contribution in [0.25, 0.3) is 0 Å². The van der Waals surface area contributed by atoms with Gasteiger partial charge in [-0.1, -0.05) is 258 Å². The van der Waals surface area contributed by atoms with E-state index in [1.165, 1.54) is 205 Å². The van der Waals surface area contributed by atoms with Gasteiger partial charge in [-0.05, 0) is 44.9 Å². The maximum atomic E-state index is 12.8. The number of hydrogen-bond acceptors (Lipinski definition) is 6. The summed E-state index contributed by atoms with van der Waals surface area (Å²) >= 11 is 0. The first kappa shape index (κ1) is 60.2. The van der Waals surface area contributed by atoms with Crippen molar-refractivity contribution in [2.24, 2.45) is 0 Å². The molecule has 0 fully saturated rings. The molecule has 0 amide bonds. The molecule has 0 aliphatic heterocycles. The van der Waals surface area contributed by atoms with Crippen molar-refractivity contribution in [3.63, 3.8) is 0 Å². The van der Waals surface area contributed by atoms with Gasteiger partial charge in [0.05, 0.1) is 0 Å². The van der Waals surface area contributed by atoms with Gasteiger partial charge in [-0.25, -0.2) is 0 Å². The Balaban J connectivity index is 4.18. The predicted molar refractivity (Wildman–Crippen MR) is 266 cm³/mol. The van der Waals surface area contributed by atoms with Gasteiger partial charge in [0.1, 0.15) is 13.2 Å². The summed E-state index contributed by atoms with van der Waals surface area (Å²) in [7, 11) is 0. The Hall–Kier alpha value is -1.85. The SMILES string of the molecule is CCCCCCCC/C=C\CCCCCCCC(=O)OC(COC(=O)CCCCCCCCCC)COC(=O)CCCCCCCCCCCCCCCCCCCCCCC. The molecular formula is C56H106O6. The van der Waals surface area contributed by atoms with Crippen LogP contribution in [-0.4, -0.2) is 37.2 Å². The Morgan fingerprint density at radius 2 is 0.532 bits per heavy atom. The molecule has 0 aromatic heterocycles. The Morgan fingerprint density at radius 1 is 0.306 bits per heavy atom. The minimum atomic E-state index is -0.767. The summed E-state index contributed by atoms with van der Waals surface area (Å²) in [6, 6.07) is 0. The number of carbonyl (C=O) groups is 3. The van der Waals surface area contributed by atoms with E-state index < -0.39 is 6.10 Å². The van der Waals surface area contributed by atoms with Gasteiger partial charge in [0, 0.05) is 19.3 Å². The van der Waals surface area contributed by atoms with Crippen molar-refractivity contribution in [1.82, 2.24) is 0 Å². The summed E-state index contributed by atoms with van der Waals surface area (Å²) < 4.78 is 16.8. The highest BCUT2D eigenvalue weighted by Crippen LogP contribution is 2.17. The molecule has 62 heavy (non-hydrogen) atoms. The van der Waals surface area contributed by atoms with Crippen LogP contribution in [-0.2, 0) is 28.6 Å². The van der Waals surface area contributed by atoms with Crippen molar-refractivity contribution in [3.8, 4) is 0 Å². The highest BCUT2D eigenvalue weighted by Gasteiger charge is 2.19. The van der Waals surface area contributed by atoms with E-state index in [0.29, 0.717) is 19.3 Å². The lowest BCUT2D eigenvalue weighted by Gasteiger charge is -2.18. The Morgan fingerprint density at radius 3 is 0.806 bits per heavy atom. The molecule has 366 valence electrons. The molecule has 0 radical (unpaired) electrons. The molecule has 0 rings (SSSR count). The molecule has 0 aliphatic carbocycles. The largest absolute Gasteiger partial charge is 0.462 e. The van der Waals surface area contributed by atoms with Gasteiger partial charge < -0.3 is 14.2 Å². The van der Waals surface area contributed by atoms with E-state index in [1.54, 1.807) is 0 Å². The fourth-order valence-electron chi connectivity index (χ4n) is 8.32. The lowest BCUT2D eigenvalue weighted by atomic mass is 10.0. The van der Waals surface area contributed by atoms with Gasteiger partial charge in [-0.2, -0.15) is 0 Å². The minimum absolute atomic E-state index is 0.0682. The van der Waals surface area contributed by atoms with Crippen LogP contribution in [0.15, 0.2) is 12.2 Å². The average molecular weight is 875 g/mol. The summed E-state index contributed by atoms with van der Waals surface area (Å²) in [5, 5.41) is 0. The second-order valence-corrected chi connectivity index (χ2v) is 18.9. The first-order valence-electron chi connectivity index (χ1n) is 27.7. The van der Waals surface area contributed by atoms with Crippen LogP contribution in [0.4, 0.5) is 0 Å². The second kappa shape index (κ2) is 51.8. The molecule has 0 heterocycles. The molecule has 0 N–H and O–H groups in total. The van der Waals surface area contributed by atoms with Crippen molar-refractivity contribution >= 4 is 17.9 Å². The Bertz CT molecular complexity index is 962. The molecule has 0 bridgehead atoms. The second-order valence-electron chi connectivity index (χ2n) is 18.9. The molecule has 0 aromatic rings. The van der Waals surface area contributed by atoms with E-state index in [0.717, 1.165) is 64.2 Å². The van der Waals surface area contributed by atoms with Crippen LogP contribution < -0.4 is 0 Å². The van der Waals surface area contributed by atoms with Gasteiger partial charge in [0.15, 0.2) is 6.10 Å². The van der Waals surface area contributed by atoms with Crippen molar-refractivity contribution in [2.75, 3.05) is 13.2 Å². The van der Waals surface area contributed by atoms with Gasteiger partial charge in [0.25, 0.3) is 0 Å². The van der Waals surface area contributed by atoms with Crippen LogP contribution in [0.3, 0.4) is 0 Å². The smallest absolute Gasteiger partial charge is 0.306 e. The van der Waals surface area contributed by atoms with E-state index in [1.807, 2.05) is 0 Å². The van der Waals surface area contributed by atoms with Crippen LogP contribution in [0, 0.1) is 0 Å². The van der Waals surface area contributed by atoms with E-state index in [-0.39, 0.29) is 31.1 Å². The molecule has 0 saturated carbocycles. The first-order valence-corrected chi connectivity index (χ1v) is 27.7. The number of esters is 3. The summed E-state index contributed by atoms with van der Waals surface area (Å²) in [5.41, 5.74) is 0. The van der Waals surface area contributed by atoms with Crippen LogP contribution in [0.2, 0.25) is 0 Å². The predicted octanol–water partition coefficient (Wildman–Crippen LogP) is 18.2. The van der Waals surface area contributed by atoms with E-state index in [9.17, 15) is 14.4 Å². The van der Waals surface area contributed by atoms with Crippen LogP contribution in [0.1, 0.15) is 310 Å². The Kier molecular flexibility index (Phi) is 50.2. The van der Waals surface area contributed by atoms with Crippen molar-refractivity contribution in [2.45, 2.75) is 316 Å². The lowest BCUT2D eigenvalue weighted by Crippen LogP contribution is -2.30. The third kappa shape index (κ3) is 49.2.